The lowest BCUT2D eigenvalue weighted by molar-refractivity contribution is -0.128. The predicted octanol–water partition coefficient (Wildman–Crippen LogP) is 0.459. The fourth-order valence-corrected chi connectivity index (χ4v) is 1.07. The van der Waals surface area contributed by atoms with Crippen molar-refractivity contribution in [2.24, 2.45) is 11.8 Å². The maximum atomic E-state index is 10.3. The Hall–Kier alpha value is -1.10. The van der Waals surface area contributed by atoms with E-state index in [9.17, 15) is 9.59 Å². The van der Waals surface area contributed by atoms with E-state index in [1.165, 1.54) is 0 Å². The molecule has 2 atom stereocenters. The van der Waals surface area contributed by atoms with Crippen LogP contribution in [-0.2, 0) is 14.3 Å². The maximum absolute atomic E-state index is 10.3. The van der Waals surface area contributed by atoms with Crippen molar-refractivity contribution in [1.29, 1.82) is 0 Å². The molecule has 0 bridgehead atoms. The van der Waals surface area contributed by atoms with Gasteiger partial charge in [0.15, 0.2) is 0 Å². The number of ether oxygens (including phenoxy) is 1. The number of hydrogen-bond acceptors (Lipinski definition) is 3. The topological polar surface area (TPSA) is 67.4 Å². The summed E-state index contributed by atoms with van der Waals surface area (Å²) in [7, 11) is 0. The minimum atomic E-state index is -0.387. The molecule has 0 fully saturated rings. The van der Waals surface area contributed by atoms with Crippen molar-refractivity contribution in [2.75, 3.05) is 0 Å². The molecule has 0 aliphatic heterocycles. The fraction of sp³-hybridized carbons (Fsp3) is 0.800. The van der Waals surface area contributed by atoms with Gasteiger partial charge in [0, 0.05) is 0 Å². The van der Waals surface area contributed by atoms with E-state index >= 15 is 0 Å². The first-order chi connectivity index (χ1) is 7.02. The fourth-order valence-electron chi connectivity index (χ4n) is 1.07. The lowest BCUT2D eigenvalue weighted by Gasteiger charge is -2.28. The highest BCUT2D eigenvalue weighted by Gasteiger charge is 2.20. The molecule has 5 nitrogen and oxygen atoms in total. The number of rotatable bonds is 8. The van der Waals surface area contributed by atoms with Crippen LogP contribution in [0.1, 0.15) is 27.7 Å². The minimum Gasteiger partial charge on any atom is -0.335 e. The van der Waals surface area contributed by atoms with E-state index in [-0.39, 0.29) is 24.3 Å². The van der Waals surface area contributed by atoms with Crippen LogP contribution >= 0.6 is 0 Å². The molecule has 0 rings (SSSR count). The van der Waals surface area contributed by atoms with E-state index in [0.29, 0.717) is 12.8 Å². The Bertz CT molecular complexity index is 175. The third-order valence-electron chi connectivity index (χ3n) is 1.97. The summed E-state index contributed by atoms with van der Waals surface area (Å²) in [5.41, 5.74) is 0. The summed E-state index contributed by atoms with van der Waals surface area (Å²) in [5, 5.41) is 5.13. The van der Waals surface area contributed by atoms with Gasteiger partial charge in [0.05, 0.1) is 0 Å². The number of amides is 2. The lowest BCUT2D eigenvalue weighted by atomic mass is 10.1. The molecule has 0 heterocycles. The standard InChI is InChI=1S/C10H20N2O3/c1-7(2)9(11-5-13)15-10(8(3)4)12-6-14/h5-10H,1-4H3,(H,11,13)(H,12,14). The van der Waals surface area contributed by atoms with E-state index in [4.69, 9.17) is 4.74 Å². The summed E-state index contributed by atoms with van der Waals surface area (Å²) in [6, 6.07) is 0. The summed E-state index contributed by atoms with van der Waals surface area (Å²) in [6.45, 7) is 7.72. The van der Waals surface area contributed by atoms with Crippen molar-refractivity contribution in [2.45, 2.75) is 40.2 Å². The van der Waals surface area contributed by atoms with Crippen molar-refractivity contribution in [3.8, 4) is 0 Å². The van der Waals surface area contributed by atoms with Crippen LogP contribution in [0.5, 0.6) is 0 Å². The Morgan fingerprint density at radius 2 is 1.20 bits per heavy atom. The van der Waals surface area contributed by atoms with Crippen LogP contribution in [0, 0.1) is 11.8 Å². The van der Waals surface area contributed by atoms with Gasteiger partial charge in [-0.3, -0.25) is 9.59 Å². The summed E-state index contributed by atoms with van der Waals surface area (Å²) >= 11 is 0. The normalized spacial score (nSPS) is 14.8. The molecule has 2 N–H and O–H groups in total. The van der Waals surface area contributed by atoms with Gasteiger partial charge in [0.25, 0.3) is 0 Å². The highest BCUT2D eigenvalue weighted by atomic mass is 16.5. The first-order valence-electron chi connectivity index (χ1n) is 5.07. The van der Waals surface area contributed by atoms with Crippen LogP contribution in [0.3, 0.4) is 0 Å². The molecule has 0 aromatic heterocycles. The van der Waals surface area contributed by atoms with Gasteiger partial charge in [-0.2, -0.15) is 0 Å². The zero-order valence-electron chi connectivity index (χ0n) is 9.69. The van der Waals surface area contributed by atoms with E-state index in [1.807, 2.05) is 27.7 Å². The molecule has 0 spiro atoms. The van der Waals surface area contributed by atoms with Crippen LogP contribution in [0.15, 0.2) is 0 Å². The second-order valence-corrected chi connectivity index (χ2v) is 4.03. The number of carbonyl (C=O) groups excluding carboxylic acids is 2. The molecule has 0 aliphatic carbocycles. The summed E-state index contributed by atoms with van der Waals surface area (Å²) < 4.78 is 5.57. The summed E-state index contributed by atoms with van der Waals surface area (Å²) in [4.78, 5) is 20.7. The molecule has 5 heteroatoms. The van der Waals surface area contributed by atoms with Crippen molar-refractivity contribution in [3.63, 3.8) is 0 Å². The van der Waals surface area contributed by atoms with Crippen molar-refractivity contribution in [1.82, 2.24) is 10.6 Å². The Morgan fingerprint density at radius 3 is 1.40 bits per heavy atom. The Kier molecular flexibility index (Phi) is 6.70. The molecule has 88 valence electrons. The number of nitrogens with one attached hydrogen (secondary N) is 2. The summed E-state index contributed by atoms with van der Waals surface area (Å²) in [6.07, 6.45) is 0.427. The second kappa shape index (κ2) is 7.23. The number of carbonyl (C=O) groups is 2. The van der Waals surface area contributed by atoms with Crippen molar-refractivity contribution in [3.05, 3.63) is 0 Å². The highest BCUT2D eigenvalue weighted by molar-refractivity contribution is 5.47. The van der Waals surface area contributed by atoms with Gasteiger partial charge in [-0.05, 0) is 11.8 Å². The zero-order chi connectivity index (χ0) is 11.8. The molecule has 0 aliphatic rings. The highest BCUT2D eigenvalue weighted by Crippen LogP contribution is 2.10. The molecule has 0 radical (unpaired) electrons. The van der Waals surface area contributed by atoms with Crippen LogP contribution in [-0.4, -0.2) is 25.3 Å². The molecule has 0 saturated heterocycles. The molecular weight excluding hydrogens is 196 g/mol. The van der Waals surface area contributed by atoms with E-state index in [1.54, 1.807) is 0 Å². The van der Waals surface area contributed by atoms with Gasteiger partial charge in [0.1, 0.15) is 12.5 Å². The molecule has 0 saturated carbocycles. The first kappa shape index (κ1) is 13.9. The Labute approximate surface area is 90.6 Å². The SMILES string of the molecule is CC(C)C(NC=O)OC(NC=O)C(C)C. The molecule has 0 aromatic carbocycles. The third-order valence-corrected chi connectivity index (χ3v) is 1.97. The lowest BCUT2D eigenvalue weighted by Crippen LogP contribution is -2.45. The molecule has 15 heavy (non-hydrogen) atoms. The third kappa shape index (κ3) is 5.37. The average Bonchev–Trinajstić information content (AvgIpc) is 2.15. The second-order valence-electron chi connectivity index (χ2n) is 4.03. The van der Waals surface area contributed by atoms with E-state index in [0.717, 1.165) is 0 Å². The van der Waals surface area contributed by atoms with Crippen LogP contribution in [0.25, 0.3) is 0 Å². The maximum Gasteiger partial charge on any atom is 0.209 e. The van der Waals surface area contributed by atoms with Gasteiger partial charge in [-0.15, -0.1) is 0 Å². The van der Waals surface area contributed by atoms with E-state index < -0.39 is 0 Å². The van der Waals surface area contributed by atoms with Gasteiger partial charge in [-0.1, -0.05) is 27.7 Å². The largest absolute Gasteiger partial charge is 0.335 e. The van der Waals surface area contributed by atoms with Crippen LogP contribution in [0.2, 0.25) is 0 Å². The van der Waals surface area contributed by atoms with Crippen molar-refractivity contribution < 1.29 is 14.3 Å². The van der Waals surface area contributed by atoms with Gasteiger partial charge < -0.3 is 15.4 Å². The van der Waals surface area contributed by atoms with Crippen molar-refractivity contribution >= 4 is 12.8 Å². The molecule has 0 aromatic rings. The Morgan fingerprint density at radius 1 is 0.867 bits per heavy atom. The number of hydrogen-bond donors (Lipinski definition) is 2. The molecular formula is C10H20N2O3. The monoisotopic (exact) mass is 216 g/mol. The molecule has 2 amide bonds. The van der Waals surface area contributed by atoms with Gasteiger partial charge in [0.2, 0.25) is 12.8 Å². The predicted molar refractivity (Wildman–Crippen MR) is 56.7 cm³/mol. The molecule has 2 unspecified atom stereocenters. The van der Waals surface area contributed by atoms with E-state index in [2.05, 4.69) is 10.6 Å². The minimum absolute atomic E-state index is 0.143. The van der Waals surface area contributed by atoms with Gasteiger partial charge >= 0.3 is 0 Å². The zero-order valence-corrected chi connectivity index (χ0v) is 9.69. The first-order valence-corrected chi connectivity index (χ1v) is 5.07. The van der Waals surface area contributed by atoms with Crippen LogP contribution < -0.4 is 10.6 Å². The van der Waals surface area contributed by atoms with Crippen LogP contribution in [0.4, 0.5) is 0 Å². The average molecular weight is 216 g/mol. The van der Waals surface area contributed by atoms with Gasteiger partial charge in [-0.25, -0.2) is 0 Å². The Balaban J connectivity index is 4.31. The summed E-state index contributed by atoms with van der Waals surface area (Å²) in [5.74, 6) is 0.287. The quantitative estimate of drug-likeness (QED) is 0.457. The smallest absolute Gasteiger partial charge is 0.209 e.